The van der Waals surface area contributed by atoms with E-state index < -0.39 is 0 Å². The summed E-state index contributed by atoms with van der Waals surface area (Å²) >= 11 is 1.87. The number of amides is 2. The highest BCUT2D eigenvalue weighted by atomic mass is 32.2. The van der Waals surface area contributed by atoms with Gasteiger partial charge in [-0.3, -0.25) is 9.59 Å². The lowest BCUT2D eigenvalue weighted by molar-refractivity contribution is -0.135. The molecule has 0 aromatic heterocycles. The molecular formula is C18H27N3O2S. The summed E-state index contributed by atoms with van der Waals surface area (Å²) in [6.45, 7) is 5.65. The lowest BCUT2D eigenvalue weighted by Gasteiger charge is -2.27. The number of rotatable bonds is 7. The van der Waals surface area contributed by atoms with Crippen molar-refractivity contribution >= 4 is 29.3 Å². The van der Waals surface area contributed by atoms with E-state index in [-0.39, 0.29) is 24.4 Å². The molecule has 1 unspecified atom stereocenters. The van der Waals surface area contributed by atoms with Gasteiger partial charge in [0.05, 0.1) is 6.54 Å². The zero-order chi connectivity index (χ0) is 17.4. The molecule has 2 rings (SSSR count). The van der Waals surface area contributed by atoms with E-state index in [0.717, 1.165) is 35.7 Å². The summed E-state index contributed by atoms with van der Waals surface area (Å²) in [5.41, 5.74) is 1.82. The molecule has 2 amide bonds. The van der Waals surface area contributed by atoms with Crippen molar-refractivity contribution in [3.05, 3.63) is 29.8 Å². The fourth-order valence-electron chi connectivity index (χ4n) is 2.73. The SMILES string of the molecule is CCCN(CC(=O)Nc1ccccc1C)C(=O)CC1CSCCN1. The smallest absolute Gasteiger partial charge is 0.244 e. The van der Waals surface area contributed by atoms with Gasteiger partial charge >= 0.3 is 0 Å². The number of thioether (sulfide) groups is 1. The van der Waals surface area contributed by atoms with Gasteiger partial charge in [-0.15, -0.1) is 0 Å². The van der Waals surface area contributed by atoms with Crippen LogP contribution in [0.2, 0.25) is 0 Å². The van der Waals surface area contributed by atoms with Crippen molar-refractivity contribution in [2.75, 3.05) is 36.5 Å². The molecule has 0 bridgehead atoms. The standard InChI is InChI=1S/C18H27N3O2S/c1-3-9-21(18(23)11-15-13-24-10-8-19-15)12-17(22)20-16-7-5-4-6-14(16)2/h4-7,15,19H,3,8-13H2,1-2H3,(H,20,22). The van der Waals surface area contributed by atoms with E-state index in [4.69, 9.17) is 0 Å². The van der Waals surface area contributed by atoms with Crippen molar-refractivity contribution in [2.45, 2.75) is 32.7 Å². The number of benzene rings is 1. The first kappa shape index (κ1) is 18.8. The maximum Gasteiger partial charge on any atom is 0.244 e. The summed E-state index contributed by atoms with van der Waals surface area (Å²) < 4.78 is 0. The summed E-state index contributed by atoms with van der Waals surface area (Å²) in [4.78, 5) is 26.5. The molecule has 0 saturated carbocycles. The molecule has 1 aliphatic heterocycles. The number of carbonyl (C=O) groups excluding carboxylic acids is 2. The zero-order valence-electron chi connectivity index (χ0n) is 14.5. The molecule has 0 spiro atoms. The van der Waals surface area contributed by atoms with E-state index in [0.29, 0.717) is 13.0 Å². The van der Waals surface area contributed by atoms with E-state index in [2.05, 4.69) is 10.6 Å². The van der Waals surface area contributed by atoms with E-state index in [1.54, 1.807) is 4.90 Å². The molecule has 0 radical (unpaired) electrons. The van der Waals surface area contributed by atoms with Crippen LogP contribution in [0.25, 0.3) is 0 Å². The van der Waals surface area contributed by atoms with E-state index >= 15 is 0 Å². The molecule has 2 N–H and O–H groups in total. The van der Waals surface area contributed by atoms with Crippen molar-refractivity contribution in [1.29, 1.82) is 0 Å². The minimum Gasteiger partial charge on any atom is -0.333 e. The number of nitrogens with zero attached hydrogens (tertiary/aromatic N) is 1. The first-order valence-electron chi connectivity index (χ1n) is 8.54. The van der Waals surface area contributed by atoms with Gasteiger partial charge in [0.15, 0.2) is 0 Å². The van der Waals surface area contributed by atoms with Crippen LogP contribution < -0.4 is 10.6 Å². The van der Waals surface area contributed by atoms with Crippen LogP contribution >= 0.6 is 11.8 Å². The van der Waals surface area contributed by atoms with Crippen molar-refractivity contribution in [2.24, 2.45) is 0 Å². The topological polar surface area (TPSA) is 61.4 Å². The minimum absolute atomic E-state index is 0.0526. The maximum absolute atomic E-state index is 12.6. The van der Waals surface area contributed by atoms with E-state index in [9.17, 15) is 9.59 Å². The van der Waals surface area contributed by atoms with Crippen LogP contribution in [-0.4, -0.2) is 53.9 Å². The second-order valence-electron chi connectivity index (χ2n) is 6.11. The first-order chi connectivity index (χ1) is 11.6. The summed E-state index contributed by atoms with van der Waals surface area (Å²) in [6.07, 6.45) is 1.31. The highest BCUT2D eigenvalue weighted by molar-refractivity contribution is 7.99. The Morgan fingerprint density at radius 2 is 2.17 bits per heavy atom. The molecule has 0 aliphatic carbocycles. The lowest BCUT2D eigenvalue weighted by Crippen LogP contribution is -2.44. The number of hydrogen-bond acceptors (Lipinski definition) is 4. The normalized spacial score (nSPS) is 17.3. The minimum atomic E-state index is -0.142. The number of nitrogens with one attached hydrogen (secondary N) is 2. The Morgan fingerprint density at radius 3 is 2.83 bits per heavy atom. The molecule has 5 nitrogen and oxygen atoms in total. The molecule has 1 atom stereocenters. The Kier molecular flexibility index (Phi) is 7.59. The second-order valence-corrected chi connectivity index (χ2v) is 7.26. The maximum atomic E-state index is 12.6. The average Bonchev–Trinajstić information content (AvgIpc) is 2.57. The van der Waals surface area contributed by atoms with Crippen molar-refractivity contribution in [3.63, 3.8) is 0 Å². The average molecular weight is 350 g/mol. The molecule has 1 fully saturated rings. The van der Waals surface area contributed by atoms with Gasteiger partial charge < -0.3 is 15.5 Å². The van der Waals surface area contributed by atoms with Gasteiger partial charge in [-0.25, -0.2) is 0 Å². The lowest BCUT2D eigenvalue weighted by atomic mass is 10.2. The number of hydrogen-bond donors (Lipinski definition) is 2. The van der Waals surface area contributed by atoms with Crippen LogP contribution in [0.5, 0.6) is 0 Å². The van der Waals surface area contributed by atoms with Gasteiger partial charge in [0, 0.05) is 42.7 Å². The molecule has 24 heavy (non-hydrogen) atoms. The van der Waals surface area contributed by atoms with Crippen LogP contribution in [0.4, 0.5) is 5.69 Å². The Morgan fingerprint density at radius 1 is 1.38 bits per heavy atom. The van der Waals surface area contributed by atoms with Crippen molar-refractivity contribution in [1.82, 2.24) is 10.2 Å². The van der Waals surface area contributed by atoms with Gasteiger partial charge in [0.1, 0.15) is 0 Å². The van der Waals surface area contributed by atoms with Gasteiger partial charge in [0.25, 0.3) is 0 Å². The summed E-state index contributed by atoms with van der Waals surface area (Å²) in [6, 6.07) is 7.88. The fraction of sp³-hybridized carbons (Fsp3) is 0.556. The summed E-state index contributed by atoms with van der Waals surface area (Å²) in [5, 5.41) is 6.28. The van der Waals surface area contributed by atoms with Gasteiger partial charge in [-0.05, 0) is 25.0 Å². The second kappa shape index (κ2) is 9.69. The molecule has 1 aromatic rings. The van der Waals surface area contributed by atoms with Crippen LogP contribution in [0.3, 0.4) is 0 Å². The van der Waals surface area contributed by atoms with Crippen LogP contribution in [0.15, 0.2) is 24.3 Å². The monoisotopic (exact) mass is 349 g/mol. The highest BCUT2D eigenvalue weighted by Gasteiger charge is 2.22. The van der Waals surface area contributed by atoms with Crippen molar-refractivity contribution < 1.29 is 9.59 Å². The Hall–Kier alpha value is -1.53. The zero-order valence-corrected chi connectivity index (χ0v) is 15.3. The molecular weight excluding hydrogens is 322 g/mol. The number of carbonyl (C=O) groups is 2. The third kappa shape index (κ3) is 5.83. The Bertz CT molecular complexity index is 559. The predicted octanol–water partition coefficient (Wildman–Crippen LogP) is 2.27. The molecule has 1 aliphatic rings. The Balaban J connectivity index is 1.90. The summed E-state index contributed by atoms with van der Waals surface area (Å²) in [5.74, 6) is 1.97. The Labute approximate surface area is 148 Å². The quantitative estimate of drug-likeness (QED) is 0.793. The highest BCUT2D eigenvalue weighted by Crippen LogP contribution is 2.14. The molecule has 132 valence electrons. The number of para-hydroxylation sites is 1. The predicted molar refractivity (Wildman–Crippen MR) is 100 cm³/mol. The number of anilines is 1. The molecule has 6 heteroatoms. The van der Waals surface area contributed by atoms with Crippen LogP contribution in [0, 0.1) is 6.92 Å². The fourth-order valence-corrected chi connectivity index (χ4v) is 3.68. The first-order valence-corrected chi connectivity index (χ1v) is 9.70. The molecule has 1 heterocycles. The van der Waals surface area contributed by atoms with Gasteiger partial charge in [-0.1, -0.05) is 25.1 Å². The van der Waals surface area contributed by atoms with E-state index in [1.165, 1.54) is 0 Å². The van der Waals surface area contributed by atoms with Crippen LogP contribution in [0.1, 0.15) is 25.3 Å². The molecule has 1 aromatic carbocycles. The van der Waals surface area contributed by atoms with Crippen molar-refractivity contribution in [3.8, 4) is 0 Å². The third-order valence-electron chi connectivity index (χ3n) is 4.02. The number of aryl methyl sites for hydroxylation is 1. The van der Waals surface area contributed by atoms with Gasteiger partial charge in [-0.2, -0.15) is 11.8 Å². The van der Waals surface area contributed by atoms with Crippen LogP contribution in [-0.2, 0) is 9.59 Å². The molecule has 1 saturated heterocycles. The van der Waals surface area contributed by atoms with E-state index in [1.807, 2.05) is 49.9 Å². The largest absolute Gasteiger partial charge is 0.333 e. The third-order valence-corrected chi connectivity index (χ3v) is 5.15. The summed E-state index contributed by atoms with van der Waals surface area (Å²) in [7, 11) is 0. The van der Waals surface area contributed by atoms with Gasteiger partial charge in [0.2, 0.25) is 11.8 Å².